The van der Waals surface area contributed by atoms with E-state index in [9.17, 15) is 9.59 Å². The van der Waals surface area contributed by atoms with Gasteiger partial charge in [-0.2, -0.15) is 0 Å². The first-order valence-corrected chi connectivity index (χ1v) is 5.87. The van der Waals surface area contributed by atoms with Crippen molar-refractivity contribution in [1.29, 1.82) is 0 Å². The van der Waals surface area contributed by atoms with E-state index in [0.29, 0.717) is 4.34 Å². The zero-order chi connectivity index (χ0) is 11.7. The molecule has 0 aromatic carbocycles. The smallest absolute Gasteiger partial charge is 0.298 e. The van der Waals surface area contributed by atoms with Crippen molar-refractivity contribution in [2.45, 2.75) is 6.54 Å². The van der Waals surface area contributed by atoms with Crippen LogP contribution in [0.2, 0.25) is 9.49 Å². The van der Waals surface area contributed by atoms with Crippen LogP contribution in [0.3, 0.4) is 0 Å². The fourth-order valence-electron chi connectivity index (χ4n) is 1.23. The Morgan fingerprint density at radius 2 is 2.06 bits per heavy atom. The molecule has 0 spiro atoms. The summed E-state index contributed by atoms with van der Waals surface area (Å²) in [5.41, 5.74) is -0.958. The highest BCUT2D eigenvalue weighted by Crippen LogP contribution is 2.21. The molecular formula is C9H6Cl2N2O2S. The van der Waals surface area contributed by atoms with Gasteiger partial charge in [0.2, 0.25) is 0 Å². The molecule has 7 heteroatoms. The Morgan fingerprint density at radius 1 is 1.31 bits per heavy atom. The van der Waals surface area contributed by atoms with Gasteiger partial charge >= 0.3 is 5.69 Å². The topological polar surface area (TPSA) is 54.9 Å². The zero-order valence-electron chi connectivity index (χ0n) is 7.87. The normalized spacial score (nSPS) is 10.6. The monoisotopic (exact) mass is 276 g/mol. The second-order valence-electron chi connectivity index (χ2n) is 3.05. The van der Waals surface area contributed by atoms with Crippen molar-refractivity contribution in [2.24, 2.45) is 0 Å². The Balaban J connectivity index is 2.43. The fraction of sp³-hybridized carbons (Fsp3) is 0.111. The van der Waals surface area contributed by atoms with Crippen LogP contribution in [0, 0.1) is 0 Å². The van der Waals surface area contributed by atoms with Gasteiger partial charge in [0.05, 0.1) is 10.9 Å². The lowest BCUT2D eigenvalue weighted by atomic mass is 10.4. The molecule has 0 saturated heterocycles. The number of halogens is 2. The maximum absolute atomic E-state index is 11.5. The van der Waals surface area contributed by atoms with Crippen molar-refractivity contribution in [3.8, 4) is 0 Å². The van der Waals surface area contributed by atoms with Crippen LogP contribution in [-0.4, -0.2) is 9.55 Å². The van der Waals surface area contributed by atoms with Gasteiger partial charge in [-0.1, -0.05) is 23.2 Å². The van der Waals surface area contributed by atoms with Crippen molar-refractivity contribution >= 4 is 34.5 Å². The summed E-state index contributed by atoms with van der Waals surface area (Å²) in [5.74, 6) is 0. The molecule has 0 radical (unpaired) electrons. The molecule has 2 aromatic rings. The molecule has 0 aliphatic heterocycles. The molecule has 2 rings (SSSR count). The lowest BCUT2D eigenvalue weighted by molar-refractivity contribution is 0.707. The summed E-state index contributed by atoms with van der Waals surface area (Å²) in [5, 5.41) is 0.0375. The van der Waals surface area contributed by atoms with E-state index < -0.39 is 11.2 Å². The van der Waals surface area contributed by atoms with E-state index in [1.54, 1.807) is 12.1 Å². The minimum atomic E-state index is -0.526. The van der Waals surface area contributed by atoms with Gasteiger partial charge in [-0.25, -0.2) is 4.79 Å². The van der Waals surface area contributed by atoms with Crippen LogP contribution in [0.4, 0.5) is 0 Å². The van der Waals surface area contributed by atoms with Gasteiger partial charge in [-0.05, 0) is 12.1 Å². The summed E-state index contributed by atoms with van der Waals surface area (Å²) < 4.78 is 1.68. The van der Waals surface area contributed by atoms with Crippen LogP contribution >= 0.6 is 34.5 Å². The van der Waals surface area contributed by atoms with Crippen LogP contribution in [0.5, 0.6) is 0 Å². The molecule has 2 aromatic heterocycles. The Hall–Kier alpha value is -1.04. The molecule has 0 bridgehead atoms. The molecule has 84 valence electrons. The fourth-order valence-corrected chi connectivity index (χ4v) is 2.49. The molecule has 0 saturated carbocycles. The number of nitrogens with zero attached hydrogens (tertiary/aromatic N) is 1. The minimum absolute atomic E-state index is 0.0375. The first kappa shape index (κ1) is 11.4. The standard InChI is InChI=1S/C9H6Cl2N2O2S/c10-6-3-8(14)13(9(15)12-6)4-5-1-2-7(11)16-5/h1-3H,4H2,(H,12,15). The predicted molar refractivity (Wildman–Crippen MR) is 64.8 cm³/mol. The van der Waals surface area contributed by atoms with E-state index >= 15 is 0 Å². The molecule has 0 amide bonds. The SMILES string of the molecule is O=c1cc(Cl)[nH]c(=O)n1Cc1ccc(Cl)s1. The number of thiophene rings is 1. The lowest BCUT2D eigenvalue weighted by Crippen LogP contribution is -2.34. The summed E-state index contributed by atoms with van der Waals surface area (Å²) in [6.45, 7) is 0.197. The van der Waals surface area contributed by atoms with Gasteiger partial charge < -0.3 is 0 Å². The number of hydrogen-bond donors (Lipinski definition) is 1. The first-order valence-electron chi connectivity index (χ1n) is 4.30. The molecule has 0 atom stereocenters. The van der Waals surface area contributed by atoms with Crippen LogP contribution in [0.1, 0.15) is 4.88 Å². The lowest BCUT2D eigenvalue weighted by Gasteiger charge is -2.01. The summed E-state index contributed by atoms with van der Waals surface area (Å²) in [6, 6.07) is 4.66. The average Bonchev–Trinajstić information content (AvgIpc) is 2.58. The molecule has 16 heavy (non-hydrogen) atoms. The number of nitrogens with one attached hydrogen (secondary N) is 1. The van der Waals surface area contributed by atoms with E-state index in [2.05, 4.69) is 4.98 Å². The highest BCUT2D eigenvalue weighted by atomic mass is 35.5. The largest absolute Gasteiger partial charge is 0.329 e. The van der Waals surface area contributed by atoms with Gasteiger partial charge in [0.1, 0.15) is 5.15 Å². The Kier molecular flexibility index (Phi) is 3.18. The second-order valence-corrected chi connectivity index (χ2v) is 5.26. The molecular weight excluding hydrogens is 271 g/mol. The Bertz CT molecular complexity index is 598. The summed E-state index contributed by atoms with van der Waals surface area (Å²) in [4.78, 5) is 26.2. The van der Waals surface area contributed by atoms with Crippen LogP contribution < -0.4 is 11.2 Å². The van der Waals surface area contributed by atoms with Crippen molar-refractivity contribution < 1.29 is 0 Å². The molecule has 0 fully saturated rings. The molecule has 1 N–H and O–H groups in total. The number of H-pyrrole nitrogens is 1. The molecule has 4 nitrogen and oxygen atoms in total. The van der Waals surface area contributed by atoms with Gasteiger partial charge in [0.15, 0.2) is 0 Å². The van der Waals surface area contributed by atoms with Crippen LogP contribution in [0.15, 0.2) is 27.8 Å². The van der Waals surface area contributed by atoms with Gasteiger partial charge in [0, 0.05) is 10.9 Å². The zero-order valence-corrected chi connectivity index (χ0v) is 10.2. The molecule has 0 unspecified atom stereocenters. The summed E-state index contributed by atoms with van der Waals surface area (Å²) in [7, 11) is 0. The first-order chi connectivity index (χ1) is 7.56. The summed E-state index contributed by atoms with van der Waals surface area (Å²) >= 11 is 12.6. The van der Waals surface area contributed by atoms with E-state index in [0.717, 1.165) is 15.5 Å². The third kappa shape index (κ3) is 2.37. The predicted octanol–water partition coefficient (Wildman–Crippen LogP) is 1.95. The van der Waals surface area contributed by atoms with Crippen molar-refractivity contribution in [2.75, 3.05) is 0 Å². The quantitative estimate of drug-likeness (QED) is 0.853. The third-order valence-corrected chi connectivity index (χ3v) is 3.35. The van der Waals surface area contributed by atoms with E-state index in [4.69, 9.17) is 23.2 Å². The highest BCUT2D eigenvalue weighted by molar-refractivity contribution is 7.16. The van der Waals surface area contributed by atoms with Gasteiger partial charge in [-0.3, -0.25) is 14.3 Å². The van der Waals surface area contributed by atoms with E-state index in [1.165, 1.54) is 11.3 Å². The van der Waals surface area contributed by atoms with Gasteiger partial charge in [-0.15, -0.1) is 11.3 Å². The van der Waals surface area contributed by atoms with Gasteiger partial charge in [0.25, 0.3) is 5.56 Å². The number of aromatic amines is 1. The molecule has 0 aliphatic carbocycles. The second kappa shape index (κ2) is 4.45. The van der Waals surface area contributed by atoms with Crippen molar-refractivity contribution in [3.63, 3.8) is 0 Å². The summed E-state index contributed by atoms with van der Waals surface area (Å²) in [6.07, 6.45) is 0. The van der Waals surface area contributed by atoms with Crippen molar-refractivity contribution in [1.82, 2.24) is 9.55 Å². The number of hydrogen-bond acceptors (Lipinski definition) is 3. The molecule has 0 aliphatic rings. The maximum atomic E-state index is 11.5. The minimum Gasteiger partial charge on any atom is -0.298 e. The Labute approximate surface area is 104 Å². The van der Waals surface area contributed by atoms with Crippen LogP contribution in [-0.2, 0) is 6.54 Å². The van der Waals surface area contributed by atoms with Crippen LogP contribution in [0.25, 0.3) is 0 Å². The highest BCUT2D eigenvalue weighted by Gasteiger charge is 2.05. The van der Waals surface area contributed by atoms with E-state index in [1.807, 2.05) is 0 Å². The van der Waals surface area contributed by atoms with Crippen molar-refractivity contribution in [3.05, 3.63) is 53.4 Å². The maximum Gasteiger partial charge on any atom is 0.329 e. The number of rotatable bonds is 2. The Morgan fingerprint density at radius 3 is 2.62 bits per heavy atom. The average molecular weight is 277 g/mol. The van der Waals surface area contributed by atoms with E-state index in [-0.39, 0.29) is 11.7 Å². The molecule has 2 heterocycles. The third-order valence-electron chi connectivity index (χ3n) is 1.93. The number of aromatic nitrogens is 2.